The first-order chi connectivity index (χ1) is 8.93. The average Bonchev–Trinajstić information content (AvgIpc) is 2.76. The minimum atomic E-state index is -0.516. The Morgan fingerprint density at radius 2 is 1.89 bits per heavy atom. The van der Waals surface area contributed by atoms with Crippen LogP contribution in [-0.2, 0) is 9.47 Å². The monoisotopic (exact) mass is 267 g/mol. The lowest BCUT2D eigenvalue weighted by Crippen LogP contribution is -2.25. The van der Waals surface area contributed by atoms with Crippen molar-refractivity contribution in [1.29, 1.82) is 0 Å². The number of benzene rings is 1. The molecule has 0 unspecified atom stereocenters. The van der Waals surface area contributed by atoms with Gasteiger partial charge in [-0.25, -0.2) is 4.39 Å². The van der Waals surface area contributed by atoms with E-state index in [9.17, 15) is 4.39 Å². The topological polar surface area (TPSA) is 53.7 Å². The summed E-state index contributed by atoms with van der Waals surface area (Å²) in [7, 11) is 0. The number of halogens is 1. The van der Waals surface area contributed by atoms with Crippen LogP contribution < -0.4 is 10.5 Å². The summed E-state index contributed by atoms with van der Waals surface area (Å²) in [5.41, 5.74) is 6.22. The first-order valence-corrected chi connectivity index (χ1v) is 6.50. The third kappa shape index (κ3) is 2.53. The van der Waals surface area contributed by atoms with Crippen LogP contribution in [0.25, 0.3) is 0 Å². The van der Waals surface area contributed by atoms with Crippen molar-refractivity contribution in [3.63, 3.8) is 0 Å². The van der Waals surface area contributed by atoms with E-state index in [1.165, 1.54) is 18.2 Å². The van der Waals surface area contributed by atoms with Gasteiger partial charge in [0.25, 0.3) is 0 Å². The summed E-state index contributed by atoms with van der Waals surface area (Å²) in [6, 6.07) is 4.14. The molecule has 1 aliphatic carbocycles. The van der Waals surface area contributed by atoms with Crippen LogP contribution in [0.4, 0.5) is 10.1 Å². The maximum atomic E-state index is 13.2. The van der Waals surface area contributed by atoms with Crippen molar-refractivity contribution in [2.75, 3.05) is 5.73 Å². The molecule has 2 fully saturated rings. The molecule has 0 radical (unpaired) electrons. The molecule has 3 rings (SSSR count). The third-order valence-electron chi connectivity index (χ3n) is 3.54. The van der Waals surface area contributed by atoms with Crippen molar-refractivity contribution in [1.82, 2.24) is 0 Å². The number of ether oxygens (including phenoxy) is 3. The van der Waals surface area contributed by atoms with Crippen molar-refractivity contribution >= 4 is 5.69 Å². The summed E-state index contributed by atoms with van der Waals surface area (Å²) in [4.78, 5) is 0. The zero-order valence-corrected chi connectivity index (χ0v) is 11.1. The highest BCUT2D eigenvalue weighted by molar-refractivity contribution is 5.52. The highest BCUT2D eigenvalue weighted by atomic mass is 19.1. The van der Waals surface area contributed by atoms with E-state index in [0.717, 1.165) is 12.8 Å². The van der Waals surface area contributed by atoms with Gasteiger partial charge < -0.3 is 19.9 Å². The normalized spacial score (nSPS) is 32.3. The molecule has 0 amide bonds. The second-order valence-corrected chi connectivity index (χ2v) is 5.61. The highest BCUT2D eigenvalue weighted by Gasteiger charge is 2.48. The number of nitrogen functional groups attached to an aromatic ring is 1. The molecule has 3 atom stereocenters. The van der Waals surface area contributed by atoms with Gasteiger partial charge in [0.2, 0.25) is 0 Å². The van der Waals surface area contributed by atoms with E-state index in [0.29, 0.717) is 11.4 Å². The van der Waals surface area contributed by atoms with Crippen molar-refractivity contribution < 1.29 is 18.6 Å². The zero-order chi connectivity index (χ0) is 13.6. The van der Waals surface area contributed by atoms with Crippen LogP contribution in [0.5, 0.6) is 5.75 Å². The summed E-state index contributed by atoms with van der Waals surface area (Å²) in [6.45, 7) is 3.82. The van der Waals surface area contributed by atoms with Gasteiger partial charge in [-0.15, -0.1) is 0 Å². The Hall–Kier alpha value is -1.33. The van der Waals surface area contributed by atoms with Crippen LogP contribution >= 0.6 is 0 Å². The molecule has 1 saturated carbocycles. The summed E-state index contributed by atoms with van der Waals surface area (Å²) in [6.07, 6.45) is 1.54. The van der Waals surface area contributed by atoms with E-state index >= 15 is 0 Å². The Morgan fingerprint density at radius 1 is 1.26 bits per heavy atom. The molecular formula is C14H18FNO3. The van der Waals surface area contributed by atoms with Gasteiger partial charge in [0, 0.05) is 18.9 Å². The predicted octanol–water partition coefficient (Wildman–Crippen LogP) is 2.47. The molecule has 2 N–H and O–H groups in total. The van der Waals surface area contributed by atoms with Crippen molar-refractivity contribution in [3.05, 3.63) is 24.0 Å². The Bertz CT molecular complexity index is 476. The van der Waals surface area contributed by atoms with Gasteiger partial charge >= 0.3 is 0 Å². The fourth-order valence-electron chi connectivity index (χ4n) is 2.81. The summed E-state index contributed by atoms with van der Waals surface area (Å²) < 4.78 is 30.5. The van der Waals surface area contributed by atoms with E-state index in [4.69, 9.17) is 19.9 Å². The summed E-state index contributed by atoms with van der Waals surface area (Å²) in [5.74, 6) is -0.474. The molecule has 4 nitrogen and oxygen atoms in total. The standard InChI is InChI=1S/C14H18FNO3/c1-14(2)18-12-6-9(7-13(12)19-14)17-11-5-8(15)3-4-10(11)16/h3-5,9,12-13H,6-7,16H2,1-2H3/t9-,12-,13+. The molecule has 0 bridgehead atoms. The Labute approximate surface area is 111 Å². The van der Waals surface area contributed by atoms with Crippen LogP contribution in [0, 0.1) is 5.82 Å². The van der Waals surface area contributed by atoms with E-state index in [1.54, 1.807) is 0 Å². The number of rotatable bonds is 2. The van der Waals surface area contributed by atoms with Crippen LogP contribution in [-0.4, -0.2) is 24.1 Å². The summed E-state index contributed by atoms with van der Waals surface area (Å²) in [5, 5.41) is 0. The Morgan fingerprint density at radius 3 is 2.53 bits per heavy atom. The first-order valence-electron chi connectivity index (χ1n) is 6.50. The summed E-state index contributed by atoms with van der Waals surface area (Å²) >= 11 is 0. The largest absolute Gasteiger partial charge is 0.488 e. The van der Waals surface area contributed by atoms with Gasteiger partial charge in [0.05, 0.1) is 17.9 Å². The zero-order valence-electron chi connectivity index (χ0n) is 11.1. The SMILES string of the molecule is CC1(C)O[C@H]2C[C@H](Oc3cc(F)ccc3N)C[C@H]2O1. The lowest BCUT2D eigenvalue weighted by molar-refractivity contribution is -0.155. The number of hydrogen-bond acceptors (Lipinski definition) is 4. The number of anilines is 1. The van der Waals surface area contributed by atoms with E-state index < -0.39 is 5.79 Å². The van der Waals surface area contributed by atoms with Gasteiger partial charge in [-0.05, 0) is 26.0 Å². The number of nitrogens with two attached hydrogens (primary N) is 1. The van der Waals surface area contributed by atoms with Gasteiger partial charge in [0.15, 0.2) is 5.79 Å². The van der Waals surface area contributed by atoms with Crippen molar-refractivity contribution in [3.8, 4) is 5.75 Å². The highest BCUT2D eigenvalue weighted by Crippen LogP contribution is 2.40. The smallest absolute Gasteiger partial charge is 0.163 e. The second kappa shape index (κ2) is 4.35. The minimum Gasteiger partial charge on any atom is -0.488 e. The number of fused-ring (bicyclic) bond motifs is 1. The lowest BCUT2D eigenvalue weighted by atomic mass is 10.2. The minimum absolute atomic E-state index is 0.0461. The molecule has 5 heteroatoms. The predicted molar refractivity (Wildman–Crippen MR) is 68.3 cm³/mol. The fourth-order valence-corrected chi connectivity index (χ4v) is 2.81. The first kappa shape index (κ1) is 12.7. The quantitative estimate of drug-likeness (QED) is 0.836. The molecule has 2 aliphatic rings. The molecule has 1 saturated heterocycles. The van der Waals surface area contributed by atoms with E-state index in [-0.39, 0.29) is 24.1 Å². The molecule has 1 aromatic carbocycles. The Balaban J connectivity index is 1.66. The maximum absolute atomic E-state index is 13.2. The molecular weight excluding hydrogens is 249 g/mol. The Kier molecular flexibility index (Phi) is 2.91. The molecule has 19 heavy (non-hydrogen) atoms. The molecule has 104 valence electrons. The van der Waals surface area contributed by atoms with Crippen molar-refractivity contribution in [2.45, 2.75) is 50.8 Å². The van der Waals surface area contributed by atoms with Crippen LogP contribution in [0.3, 0.4) is 0 Å². The van der Waals surface area contributed by atoms with Gasteiger partial charge in [-0.1, -0.05) is 0 Å². The van der Waals surface area contributed by atoms with Gasteiger partial charge in [-0.3, -0.25) is 0 Å². The van der Waals surface area contributed by atoms with Crippen LogP contribution in [0.2, 0.25) is 0 Å². The van der Waals surface area contributed by atoms with Gasteiger partial charge in [0.1, 0.15) is 17.7 Å². The van der Waals surface area contributed by atoms with E-state index in [1.807, 2.05) is 13.8 Å². The second-order valence-electron chi connectivity index (χ2n) is 5.61. The lowest BCUT2D eigenvalue weighted by Gasteiger charge is -2.21. The molecule has 1 heterocycles. The number of hydrogen-bond donors (Lipinski definition) is 1. The van der Waals surface area contributed by atoms with E-state index in [2.05, 4.69) is 0 Å². The fraction of sp³-hybridized carbons (Fsp3) is 0.571. The van der Waals surface area contributed by atoms with Crippen LogP contribution in [0.15, 0.2) is 18.2 Å². The molecule has 1 aromatic rings. The van der Waals surface area contributed by atoms with Gasteiger partial charge in [-0.2, -0.15) is 0 Å². The molecule has 0 spiro atoms. The third-order valence-corrected chi connectivity index (χ3v) is 3.54. The molecule has 0 aromatic heterocycles. The van der Waals surface area contributed by atoms with Crippen LogP contribution in [0.1, 0.15) is 26.7 Å². The maximum Gasteiger partial charge on any atom is 0.163 e. The average molecular weight is 267 g/mol. The van der Waals surface area contributed by atoms with Crippen molar-refractivity contribution in [2.24, 2.45) is 0 Å². The molecule has 1 aliphatic heterocycles.